The van der Waals surface area contributed by atoms with E-state index in [-0.39, 0.29) is 5.37 Å². The predicted molar refractivity (Wildman–Crippen MR) is 82.4 cm³/mol. The summed E-state index contributed by atoms with van der Waals surface area (Å²) < 4.78 is 0. The molecule has 108 valence electrons. The number of nitrogens with one attached hydrogen (secondary N) is 1. The van der Waals surface area contributed by atoms with E-state index >= 15 is 0 Å². The summed E-state index contributed by atoms with van der Waals surface area (Å²) in [6.07, 6.45) is 3.01. The van der Waals surface area contributed by atoms with Crippen molar-refractivity contribution in [1.29, 1.82) is 0 Å². The van der Waals surface area contributed by atoms with Gasteiger partial charge in [0.1, 0.15) is 6.04 Å². The van der Waals surface area contributed by atoms with E-state index in [9.17, 15) is 4.79 Å². The molecule has 0 aliphatic carbocycles. The van der Waals surface area contributed by atoms with Crippen molar-refractivity contribution >= 4 is 23.4 Å². The Labute approximate surface area is 123 Å². The lowest BCUT2D eigenvalue weighted by Crippen LogP contribution is -2.41. The molecule has 2 atom stereocenters. The lowest BCUT2D eigenvalue weighted by atomic mass is 9.99. The monoisotopic (exact) mass is 292 g/mol. The Bertz CT molecular complexity index is 521. The van der Waals surface area contributed by atoms with Gasteiger partial charge in [-0.25, -0.2) is 0 Å². The molecule has 1 saturated heterocycles. The van der Waals surface area contributed by atoms with Gasteiger partial charge in [-0.1, -0.05) is 12.1 Å². The summed E-state index contributed by atoms with van der Waals surface area (Å²) in [5.41, 5.74) is 3.90. The van der Waals surface area contributed by atoms with Crippen LogP contribution in [0.2, 0.25) is 0 Å². The van der Waals surface area contributed by atoms with E-state index in [0.717, 1.165) is 18.7 Å². The van der Waals surface area contributed by atoms with Crippen molar-refractivity contribution in [3.05, 3.63) is 29.3 Å². The molecule has 0 radical (unpaired) electrons. The van der Waals surface area contributed by atoms with Gasteiger partial charge in [0.2, 0.25) is 0 Å². The number of nitrogens with zero attached hydrogens (tertiary/aromatic N) is 1. The topological polar surface area (TPSA) is 52.6 Å². The summed E-state index contributed by atoms with van der Waals surface area (Å²) in [7, 11) is 2.13. The highest BCUT2D eigenvalue weighted by Crippen LogP contribution is 2.35. The number of hydrogen-bond acceptors (Lipinski definition) is 4. The maximum Gasteiger partial charge on any atom is 0.320 e. The number of fused-ring (bicyclic) bond motifs is 1. The van der Waals surface area contributed by atoms with Gasteiger partial charge < -0.3 is 10.0 Å². The first-order valence-corrected chi connectivity index (χ1v) is 8.14. The van der Waals surface area contributed by atoms with Crippen molar-refractivity contribution in [2.45, 2.75) is 30.7 Å². The van der Waals surface area contributed by atoms with Crippen molar-refractivity contribution in [1.82, 2.24) is 5.32 Å². The minimum atomic E-state index is -0.743. The molecule has 0 bridgehead atoms. The van der Waals surface area contributed by atoms with Gasteiger partial charge in [-0.2, -0.15) is 0 Å². The number of aliphatic carboxylic acids is 1. The highest BCUT2D eigenvalue weighted by molar-refractivity contribution is 7.99. The van der Waals surface area contributed by atoms with Gasteiger partial charge in [-0.3, -0.25) is 10.1 Å². The fraction of sp³-hybridized carbons (Fsp3) is 0.533. The van der Waals surface area contributed by atoms with Crippen LogP contribution < -0.4 is 10.2 Å². The zero-order chi connectivity index (χ0) is 14.1. The van der Waals surface area contributed by atoms with E-state index in [1.807, 2.05) is 0 Å². The standard InChI is InChI=1S/C15H20N2O2S/c1-17-7-2-3-10-9-11(4-5-13(10)17)14-16-12(15(18)19)6-8-20-14/h4-5,9,12,14,16H,2-3,6-8H2,1H3,(H,18,19). The molecule has 0 spiro atoms. The summed E-state index contributed by atoms with van der Waals surface area (Å²) in [6.45, 7) is 1.11. The lowest BCUT2D eigenvalue weighted by molar-refractivity contribution is -0.139. The second-order valence-electron chi connectivity index (χ2n) is 5.51. The maximum atomic E-state index is 11.1. The Morgan fingerprint density at radius 2 is 2.35 bits per heavy atom. The number of thioether (sulfide) groups is 1. The van der Waals surface area contributed by atoms with Gasteiger partial charge in [0.15, 0.2) is 0 Å². The number of rotatable bonds is 2. The van der Waals surface area contributed by atoms with E-state index in [2.05, 4.69) is 35.5 Å². The molecule has 2 aliphatic heterocycles. The van der Waals surface area contributed by atoms with Crippen molar-refractivity contribution in [3.8, 4) is 0 Å². The van der Waals surface area contributed by atoms with Crippen LogP contribution in [0.5, 0.6) is 0 Å². The van der Waals surface area contributed by atoms with Crippen LogP contribution in [0.1, 0.15) is 29.3 Å². The van der Waals surface area contributed by atoms with Gasteiger partial charge in [-0.15, -0.1) is 11.8 Å². The number of benzene rings is 1. The molecule has 20 heavy (non-hydrogen) atoms. The van der Waals surface area contributed by atoms with E-state index in [0.29, 0.717) is 6.42 Å². The predicted octanol–water partition coefficient (Wildman–Crippen LogP) is 2.25. The van der Waals surface area contributed by atoms with Gasteiger partial charge in [0, 0.05) is 19.3 Å². The molecule has 2 unspecified atom stereocenters. The molecule has 2 N–H and O–H groups in total. The molecule has 2 aliphatic rings. The summed E-state index contributed by atoms with van der Waals surface area (Å²) in [5.74, 6) is 0.152. The van der Waals surface area contributed by atoms with Crippen LogP contribution in [-0.4, -0.2) is 36.5 Å². The second-order valence-corrected chi connectivity index (χ2v) is 6.72. The minimum Gasteiger partial charge on any atom is -0.480 e. The summed E-state index contributed by atoms with van der Waals surface area (Å²) >= 11 is 1.80. The van der Waals surface area contributed by atoms with Crippen molar-refractivity contribution < 1.29 is 9.90 Å². The average molecular weight is 292 g/mol. The zero-order valence-corrected chi connectivity index (χ0v) is 12.4. The van der Waals surface area contributed by atoms with Crippen LogP contribution in [0, 0.1) is 0 Å². The molecule has 0 amide bonds. The first-order valence-electron chi connectivity index (χ1n) is 7.09. The summed E-state index contributed by atoms with van der Waals surface area (Å²) in [5, 5.41) is 12.5. The molecule has 1 fully saturated rings. The van der Waals surface area contributed by atoms with E-state index in [1.54, 1.807) is 11.8 Å². The first kappa shape index (κ1) is 13.8. The Morgan fingerprint density at radius 3 is 3.15 bits per heavy atom. The fourth-order valence-corrected chi connectivity index (χ4v) is 4.18. The smallest absolute Gasteiger partial charge is 0.320 e. The molecule has 0 aromatic heterocycles. The van der Waals surface area contributed by atoms with Gasteiger partial charge in [0.25, 0.3) is 0 Å². The van der Waals surface area contributed by atoms with E-state index in [4.69, 9.17) is 5.11 Å². The maximum absolute atomic E-state index is 11.1. The van der Waals surface area contributed by atoms with E-state index < -0.39 is 12.0 Å². The quantitative estimate of drug-likeness (QED) is 0.875. The largest absolute Gasteiger partial charge is 0.480 e. The number of carboxylic acid groups (broad SMARTS) is 1. The molecule has 0 saturated carbocycles. The number of carboxylic acids is 1. The van der Waals surface area contributed by atoms with Crippen LogP contribution in [0.3, 0.4) is 0 Å². The lowest BCUT2D eigenvalue weighted by Gasteiger charge is -2.31. The highest BCUT2D eigenvalue weighted by Gasteiger charge is 2.28. The molecular weight excluding hydrogens is 272 g/mol. The highest BCUT2D eigenvalue weighted by atomic mass is 32.2. The molecule has 1 aromatic rings. The van der Waals surface area contributed by atoms with Crippen molar-refractivity contribution in [2.75, 3.05) is 24.2 Å². The SMILES string of the molecule is CN1CCCc2cc(C3NC(C(=O)O)CCS3)ccc21. The second kappa shape index (κ2) is 5.66. The van der Waals surface area contributed by atoms with Gasteiger partial charge in [-0.05, 0) is 42.2 Å². The van der Waals surface area contributed by atoms with Crippen LogP contribution in [-0.2, 0) is 11.2 Å². The van der Waals surface area contributed by atoms with Gasteiger partial charge >= 0.3 is 5.97 Å². The Hall–Kier alpha value is -1.20. The van der Waals surface area contributed by atoms with Crippen molar-refractivity contribution in [3.63, 3.8) is 0 Å². The normalized spacial score (nSPS) is 26.1. The number of anilines is 1. The number of aryl methyl sites for hydroxylation is 1. The molecule has 1 aromatic carbocycles. The van der Waals surface area contributed by atoms with Crippen LogP contribution in [0.4, 0.5) is 5.69 Å². The minimum absolute atomic E-state index is 0.0994. The fourth-order valence-electron chi connectivity index (χ4n) is 2.97. The van der Waals surface area contributed by atoms with Crippen LogP contribution >= 0.6 is 11.8 Å². The first-order chi connectivity index (χ1) is 9.65. The average Bonchev–Trinajstić information content (AvgIpc) is 2.47. The molecule has 5 heteroatoms. The molecule has 2 heterocycles. The zero-order valence-electron chi connectivity index (χ0n) is 11.6. The molecular formula is C15H20N2O2S. The molecule has 3 rings (SSSR count). The summed E-state index contributed by atoms with van der Waals surface area (Å²) in [4.78, 5) is 13.4. The third-order valence-corrected chi connectivity index (χ3v) is 5.31. The third kappa shape index (κ3) is 2.65. The van der Waals surface area contributed by atoms with Gasteiger partial charge in [0.05, 0.1) is 5.37 Å². The Kier molecular flexibility index (Phi) is 3.89. The number of hydrogen-bond donors (Lipinski definition) is 2. The molecule has 4 nitrogen and oxygen atoms in total. The van der Waals surface area contributed by atoms with Crippen molar-refractivity contribution in [2.24, 2.45) is 0 Å². The van der Waals surface area contributed by atoms with E-state index in [1.165, 1.54) is 23.2 Å². The van der Waals surface area contributed by atoms with Crippen LogP contribution in [0.15, 0.2) is 18.2 Å². The van der Waals surface area contributed by atoms with Crippen LogP contribution in [0.25, 0.3) is 0 Å². The third-order valence-electron chi connectivity index (χ3n) is 4.10. The number of carbonyl (C=O) groups is 1. The Morgan fingerprint density at radius 1 is 1.50 bits per heavy atom. The Balaban J connectivity index is 1.82. The summed E-state index contributed by atoms with van der Waals surface area (Å²) in [6, 6.07) is 6.14.